The lowest BCUT2D eigenvalue weighted by atomic mass is 10.1. The molecule has 0 saturated carbocycles. The van der Waals surface area contributed by atoms with E-state index >= 15 is 0 Å². The number of halogens is 1. The van der Waals surface area contributed by atoms with E-state index in [2.05, 4.69) is 45.6 Å². The molecule has 156 valence electrons. The quantitative estimate of drug-likeness (QED) is 0.213. The summed E-state index contributed by atoms with van der Waals surface area (Å²) >= 11 is 6.06. The third kappa shape index (κ3) is 6.94. The molecule has 7 heteroatoms. The van der Waals surface area contributed by atoms with Crippen molar-refractivity contribution >= 4 is 35.1 Å². The van der Waals surface area contributed by atoms with Crippen LogP contribution < -0.4 is 10.6 Å². The van der Waals surface area contributed by atoms with E-state index in [4.69, 9.17) is 18.0 Å². The summed E-state index contributed by atoms with van der Waals surface area (Å²) in [6.45, 7) is 6.52. The number of anilines is 2. The number of nitrogens with one attached hydrogen (secondary N) is 3. The summed E-state index contributed by atoms with van der Waals surface area (Å²) in [6.07, 6.45) is 13.3. The molecule has 1 aromatic heterocycles. The van der Waals surface area contributed by atoms with Crippen molar-refractivity contribution in [1.82, 2.24) is 15.2 Å². The minimum atomic E-state index is 0.340. The molecular formula is C23H26ClN5O. The Morgan fingerprint density at radius 3 is 2.90 bits per heavy atom. The Hall–Kier alpha value is -3.30. The maximum atomic E-state index is 11.1. The van der Waals surface area contributed by atoms with E-state index in [1.54, 1.807) is 6.08 Å². The van der Waals surface area contributed by atoms with Crippen LogP contribution in [-0.2, 0) is 4.79 Å². The van der Waals surface area contributed by atoms with Crippen molar-refractivity contribution in [2.75, 3.05) is 17.2 Å². The minimum Gasteiger partial charge on any atom is -0.379 e. The van der Waals surface area contributed by atoms with E-state index in [0.717, 1.165) is 29.7 Å². The number of aromatic amines is 1. The van der Waals surface area contributed by atoms with Crippen LogP contribution in [0.3, 0.4) is 0 Å². The Morgan fingerprint density at radius 2 is 2.20 bits per heavy atom. The second kappa shape index (κ2) is 11.6. The smallest absolute Gasteiger partial charge is 0.246 e. The Balaban J connectivity index is 2.14. The molecular weight excluding hydrogens is 398 g/mol. The number of carbonyl (C=O) groups is 1. The van der Waals surface area contributed by atoms with Crippen LogP contribution in [0.4, 0.5) is 11.6 Å². The summed E-state index contributed by atoms with van der Waals surface area (Å²) in [4.78, 5) is 15.5. The molecule has 30 heavy (non-hydrogen) atoms. The van der Waals surface area contributed by atoms with Gasteiger partial charge in [0.25, 0.3) is 0 Å². The number of nitrogens with zero attached hydrogens (tertiary/aromatic N) is 2. The molecule has 3 N–H and O–H groups in total. The first kappa shape index (κ1) is 23.0. The zero-order valence-electron chi connectivity index (χ0n) is 17.4. The fourth-order valence-electron chi connectivity index (χ4n) is 2.79. The van der Waals surface area contributed by atoms with Crippen molar-refractivity contribution in [3.8, 4) is 12.3 Å². The van der Waals surface area contributed by atoms with Crippen LogP contribution >= 0.6 is 11.6 Å². The number of benzene rings is 1. The number of hydrogen-bond acceptors (Lipinski definition) is 5. The van der Waals surface area contributed by atoms with Crippen LogP contribution in [0.1, 0.15) is 38.1 Å². The fourth-order valence-corrected chi connectivity index (χ4v) is 2.96. The van der Waals surface area contributed by atoms with Gasteiger partial charge in [-0.25, -0.2) is 0 Å². The number of H-pyrrole nitrogens is 1. The number of aryl methyl sites for hydroxylation is 1. The zero-order valence-corrected chi connectivity index (χ0v) is 18.2. The largest absolute Gasteiger partial charge is 0.379 e. The molecule has 0 radical (unpaired) electrons. The Bertz CT molecular complexity index is 1010. The van der Waals surface area contributed by atoms with E-state index in [9.17, 15) is 4.79 Å². The minimum absolute atomic E-state index is 0.340. The summed E-state index contributed by atoms with van der Waals surface area (Å²) in [5.74, 6) is 3.43. The molecule has 0 atom stereocenters. The summed E-state index contributed by atoms with van der Waals surface area (Å²) < 4.78 is 0. The van der Waals surface area contributed by atoms with Gasteiger partial charge in [-0.05, 0) is 50.1 Å². The highest BCUT2D eigenvalue weighted by Crippen LogP contribution is 2.21. The predicted octanol–water partition coefficient (Wildman–Crippen LogP) is 5.14. The van der Waals surface area contributed by atoms with E-state index in [1.807, 2.05) is 31.2 Å². The first-order valence-corrected chi connectivity index (χ1v) is 10.0. The monoisotopic (exact) mass is 423 g/mol. The second-order valence-corrected chi connectivity index (χ2v) is 7.22. The van der Waals surface area contributed by atoms with Gasteiger partial charge in [0.1, 0.15) is 6.29 Å². The molecule has 0 aliphatic heterocycles. The number of rotatable bonds is 10. The number of carbonyl (C=O) groups excluding carboxylic acids is 1. The molecule has 0 saturated heterocycles. The Kier molecular flexibility index (Phi) is 8.92. The van der Waals surface area contributed by atoms with E-state index in [0.29, 0.717) is 35.3 Å². The fraction of sp³-hybridized carbons (Fsp3) is 0.261. The third-order valence-electron chi connectivity index (χ3n) is 4.25. The molecule has 0 unspecified atom stereocenters. The molecule has 0 aliphatic rings. The molecule has 0 amide bonds. The lowest BCUT2D eigenvalue weighted by molar-refractivity contribution is -0.104. The van der Waals surface area contributed by atoms with Gasteiger partial charge in [0.05, 0.1) is 6.54 Å². The maximum absolute atomic E-state index is 11.1. The summed E-state index contributed by atoms with van der Waals surface area (Å²) in [7, 11) is 0. The van der Waals surface area contributed by atoms with Gasteiger partial charge < -0.3 is 10.6 Å². The highest BCUT2D eigenvalue weighted by atomic mass is 35.5. The van der Waals surface area contributed by atoms with Crippen LogP contribution in [0.15, 0.2) is 47.7 Å². The Labute approximate surface area is 182 Å². The number of aromatic nitrogens is 3. The SMILES string of the molecule is C#C/C=C(\C=C(\C)CCC)c1nc(N/C(=C\C=O)CNc2cc(Cl)ccc2C)n[nH]1. The normalized spacial score (nSPS) is 12.4. The molecule has 2 aromatic rings. The summed E-state index contributed by atoms with van der Waals surface area (Å²) in [6, 6.07) is 5.59. The van der Waals surface area contributed by atoms with Gasteiger partial charge in [0.2, 0.25) is 5.95 Å². The lowest BCUT2D eigenvalue weighted by Crippen LogP contribution is -2.13. The predicted molar refractivity (Wildman–Crippen MR) is 124 cm³/mol. The molecule has 6 nitrogen and oxygen atoms in total. The van der Waals surface area contributed by atoms with Gasteiger partial charge in [-0.3, -0.25) is 9.89 Å². The van der Waals surface area contributed by atoms with Crippen LogP contribution in [-0.4, -0.2) is 28.0 Å². The number of aldehydes is 1. The van der Waals surface area contributed by atoms with Crippen molar-refractivity contribution in [1.29, 1.82) is 0 Å². The molecule has 0 aliphatic carbocycles. The molecule has 2 rings (SSSR count). The van der Waals surface area contributed by atoms with Gasteiger partial charge in [-0.2, -0.15) is 4.98 Å². The third-order valence-corrected chi connectivity index (χ3v) is 4.49. The average Bonchev–Trinajstić information content (AvgIpc) is 3.17. The molecule has 0 fully saturated rings. The van der Waals surface area contributed by atoms with Crippen molar-refractivity contribution < 1.29 is 4.79 Å². The van der Waals surface area contributed by atoms with Gasteiger partial charge in [0.15, 0.2) is 5.82 Å². The topological polar surface area (TPSA) is 82.7 Å². The van der Waals surface area contributed by atoms with Gasteiger partial charge in [0, 0.05) is 22.0 Å². The van der Waals surface area contributed by atoms with Gasteiger partial charge in [-0.15, -0.1) is 11.5 Å². The van der Waals surface area contributed by atoms with Crippen molar-refractivity contribution in [3.63, 3.8) is 0 Å². The highest BCUT2D eigenvalue weighted by molar-refractivity contribution is 6.30. The lowest BCUT2D eigenvalue weighted by Gasteiger charge is -2.12. The molecule has 0 spiro atoms. The van der Waals surface area contributed by atoms with Crippen LogP contribution in [0, 0.1) is 19.3 Å². The van der Waals surface area contributed by atoms with E-state index < -0.39 is 0 Å². The van der Waals surface area contributed by atoms with Crippen molar-refractivity contribution in [2.24, 2.45) is 0 Å². The van der Waals surface area contributed by atoms with Crippen molar-refractivity contribution in [2.45, 2.75) is 33.6 Å². The number of allylic oxidation sites excluding steroid dienone is 5. The van der Waals surface area contributed by atoms with E-state index in [-0.39, 0.29) is 0 Å². The summed E-state index contributed by atoms with van der Waals surface area (Å²) in [5.41, 5.74) is 4.51. The molecule has 1 heterocycles. The summed E-state index contributed by atoms with van der Waals surface area (Å²) in [5, 5.41) is 14.0. The highest BCUT2D eigenvalue weighted by Gasteiger charge is 2.09. The molecule has 0 bridgehead atoms. The van der Waals surface area contributed by atoms with Crippen molar-refractivity contribution in [3.05, 3.63) is 64.1 Å². The van der Waals surface area contributed by atoms with Gasteiger partial charge >= 0.3 is 0 Å². The van der Waals surface area contributed by atoms with Gasteiger partial charge in [-0.1, -0.05) is 48.6 Å². The van der Waals surface area contributed by atoms with Crippen LogP contribution in [0.5, 0.6) is 0 Å². The van der Waals surface area contributed by atoms with Crippen LogP contribution in [0.2, 0.25) is 5.02 Å². The number of hydrogen-bond donors (Lipinski definition) is 3. The average molecular weight is 424 g/mol. The standard InChI is InChI=1S/C23H26ClN5O/c1-5-7-16(3)13-18(8-6-2)22-27-23(29-28-22)26-20(11-12-30)15-25-21-14-19(24)10-9-17(21)4/h2,8-14,25H,5,7,15H2,1,3-4H3,(H2,26,27,28,29)/b16-13-,18-8+,20-11-. The second-order valence-electron chi connectivity index (χ2n) is 6.78. The number of terminal acetylenes is 1. The maximum Gasteiger partial charge on any atom is 0.246 e. The van der Waals surface area contributed by atoms with Crippen LogP contribution in [0.25, 0.3) is 5.57 Å². The zero-order chi connectivity index (χ0) is 21.9. The van der Waals surface area contributed by atoms with E-state index in [1.165, 1.54) is 11.6 Å². The molecule has 1 aromatic carbocycles. The first-order valence-electron chi connectivity index (χ1n) is 9.64. The first-order chi connectivity index (χ1) is 14.5. The Morgan fingerprint density at radius 1 is 1.40 bits per heavy atom.